The summed E-state index contributed by atoms with van der Waals surface area (Å²) in [5, 5.41) is 3.30. The minimum absolute atomic E-state index is 0.00662. The summed E-state index contributed by atoms with van der Waals surface area (Å²) in [5.41, 5.74) is 0.873. The third-order valence-electron chi connectivity index (χ3n) is 2.36. The molecule has 0 bridgehead atoms. The Morgan fingerprint density at radius 2 is 1.86 bits per heavy atom. The van der Waals surface area contributed by atoms with Gasteiger partial charge in [0.1, 0.15) is 19.0 Å². The summed E-state index contributed by atoms with van der Waals surface area (Å²) >= 11 is 0. The fourth-order valence-corrected chi connectivity index (χ4v) is 1.36. The highest BCUT2D eigenvalue weighted by atomic mass is 19.4. The fourth-order valence-electron chi connectivity index (χ4n) is 1.36. The van der Waals surface area contributed by atoms with Gasteiger partial charge in [0.2, 0.25) is 0 Å². The van der Waals surface area contributed by atoms with Gasteiger partial charge in [-0.3, -0.25) is 4.98 Å². The van der Waals surface area contributed by atoms with Crippen LogP contribution < -0.4 is 10.1 Å². The maximum atomic E-state index is 11.8. The predicted molar refractivity (Wildman–Crippen MR) is 73.2 cm³/mol. The molecule has 0 fully saturated rings. The maximum Gasteiger partial charge on any atom is 0.411 e. The molecule has 1 N–H and O–H groups in total. The minimum atomic E-state index is -4.30. The fraction of sp³-hybridized carbons (Fsp3) is 0.643. The molecule has 0 aliphatic rings. The first-order valence-electron chi connectivity index (χ1n) is 6.63. The molecule has 0 unspecified atom stereocenters. The Morgan fingerprint density at radius 3 is 2.38 bits per heavy atom. The number of aromatic nitrogens is 1. The molecule has 120 valence electrons. The standard InChI is InChI=1S/C14H21F3N2O2/c1-13(2,3)19-8-11-4-5-12(9-18-11)21-7-6-20-10-14(15,16)17/h4-5,9,19H,6-8,10H2,1-3H3. The number of rotatable bonds is 7. The molecule has 0 radical (unpaired) electrons. The average molecular weight is 306 g/mol. The van der Waals surface area contributed by atoms with Crippen molar-refractivity contribution in [1.29, 1.82) is 0 Å². The van der Waals surface area contributed by atoms with Gasteiger partial charge in [-0.1, -0.05) is 0 Å². The summed E-state index contributed by atoms with van der Waals surface area (Å²) in [6.07, 6.45) is -2.76. The number of hydrogen-bond acceptors (Lipinski definition) is 4. The molecule has 1 aromatic rings. The summed E-state index contributed by atoms with van der Waals surface area (Å²) in [6.45, 7) is 5.50. The lowest BCUT2D eigenvalue weighted by Crippen LogP contribution is -2.35. The van der Waals surface area contributed by atoms with Crippen molar-refractivity contribution < 1.29 is 22.6 Å². The SMILES string of the molecule is CC(C)(C)NCc1ccc(OCCOCC(F)(F)F)cn1. The van der Waals surface area contributed by atoms with Crippen molar-refractivity contribution in [2.45, 2.75) is 39.0 Å². The van der Waals surface area contributed by atoms with E-state index in [2.05, 4.69) is 35.8 Å². The largest absolute Gasteiger partial charge is 0.490 e. The van der Waals surface area contributed by atoms with Crippen LogP contribution in [0.2, 0.25) is 0 Å². The molecule has 1 aromatic heterocycles. The predicted octanol–water partition coefficient (Wildman–Crippen LogP) is 2.93. The van der Waals surface area contributed by atoms with Gasteiger partial charge in [0, 0.05) is 12.1 Å². The molecule has 0 aliphatic heterocycles. The van der Waals surface area contributed by atoms with E-state index in [-0.39, 0.29) is 18.8 Å². The zero-order valence-electron chi connectivity index (χ0n) is 12.5. The third-order valence-corrected chi connectivity index (χ3v) is 2.36. The third kappa shape index (κ3) is 9.25. The molecule has 4 nitrogen and oxygen atoms in total. The van der Waals surface area contributed by atoms with Gasteiger partial charge in [-0.2, -0.15) is 13.2 Å². The second-order valence-corrected chi connectivity index (χ2v) is 5.61. The second-order valence-electron chi connectivity index (χ2n) is 5.61. The maximum absolute atomic E-state index is 11.8. The average Bonchev–Trinajstić information content (AvgIpc) is 2.35. The van der Waals surface area contributed by atoms with Crippen LogP contribution in [0, 0.1) is 0 Å². The zero-order chi connectivity index (χ0) is 15.9. The Bertz CT molecular complexity index is 414. The Kier molecular flexibility index (Phi) is 6.42. The molecule has 0 saturated carbocycles. The van der Waals surface area contributed by atoms with Crippen molar-refractivity contribution in [1.82, 2.24) is 10.3 Å². The van der Waals surface area contributed by atoms with Gasteiger partial charge in [-0.25, -0.2) is 0 Å². The van der Waals surface area contributed by atoms with E-state index in [0.717, 1.165) is 5.69 Å². The highest BCUT2D eigenvalue weighted by Gasteiger charge is 2.27. The van der Waals surface area contributed by atoms with Crippen LogP contribution in [0.25, 0.3) is 0 Å². The summed E-state index contributed by atoms with van der Waals surface area (Å²) in [6, 6.07) is 3.54. The number of halogens is 3. The molecule has 0 spiro atoms. The first-order chi connectivity index (χ1) is 9.66. The normalized spacial score (nSPS) is 12.5. The van der Waals surface area contributed by atoms with E-state index < -0.39 is 12.8 Å². The summed E-state index contributed by atoms with van der Waals surface area (Å²) in [5.74, 6) is 0.505. The first-order valence-corrected chi connectivity index (χ1v) is 6.63. The van der Waals surface area contributed by atoms with Crippen molar-refractivity contribution in [2.24, 2.45) is 0 Å². The second kappa shape index (κ2) is 7.61. The van der Waals surface area contributed by atoms with Gasteiger partial charge in [0.25, 0.3) is 0 Å². The Hall–Kier alpha value is -1.34. The summed E-state index contributed by atoms with van der Waals surface area (Å²) in [7, 11) is 0. The van der Waals surface area contributed by atoms with Crippen LogP contribution in [0.3, 0.4) is 0 Å². The molecule has 1 heterocycles. The molecule has 7 heteroatoms. The molecule has 0 atom stereocenters. The highest BCUT2D eigenvalue weighted by molar-refractivity contribution is 5.19. The van der Waals surface area contributed by atoms with Crippen molar-refractivity contribution >= 4 is 0 Å². The minimum Gasteiger partial charge on any atom is -0.490 e. The van der Waals surface area contributed by atoms with Crippen molar-refractivity contribution in [2.75, 3.05) is 19.8 Å². The Balaban J connectivity index is 2.25. The molecular formula is C14H21F3N2O2. The van der Waals surface area contributed by atoms with Crippen LogP contribution in [-0.4, -0.2) is 36.5 Å². The molecule has 0 saturated heterocycles. The van der Waals surface area contributed by atoms with E-state index in [4.69, 9.17) is 4.74 Å². The van der Waals surface area contributed by atoms with Crippen LogP contribution in [0.1, 0.15) is 26.5 Å². The quantitative estimate of drug-likeness (QED) is 0.787. The topological polar surface area (TPSA) is 43.4 Å². The molecule has 0 aliphatic carbocycles. The van der Waals surface area contributed by atoms with Crippen molar-refractivity contribution in [3.8, 4) is 5.75 Å². The molecule has 1 rings (SSSR count). The van der Waals surface area contributed by atoms with Gasteiger partial charge >= 0.3 is 6.18 Å². The van der Waals surface area contributed by atoms with Gasteiger partial charge in [0.15, 0.2) is 0 Å². The Labute approximate surface area is 122 Å². The lowest BCUT2D eigenvalue weighted by atomic mass is 10.1. The van der Waals surface area contributed by atoms with Gasteiger partial charge in [0.05, 0.1) is 18.5 Å². The highest BCUT2D eigenvalue weighted by Crippen LogP contribution is 2.14. The van der Waals surface area contributed by atoms with E-state index in [0.29, 0.717) is 12.3 Å². The van der Waals surface area contributed by atoms with Crippen LogP contribution in [0.15, 0.2) is 18.3 Å². The van der Waals surface area contributed by atoms with Crippen molar-refractivity contribution in [3.63, 3.8) is 0 Å². The number of ether oxygens (including phenoxy) is 2. The van der Waals surface area contributed by atoms with E-state index >= 15 is 0 Å². The molecule has 0 amide bonds. The van der Waals surface area contributed by atoms with E-state index in [1.807, 2.05) is 6.07 Å². The lowest BCUT2D eigenvalue weighted by Gasteiger charge is -2.20. The molecular weight excluding hydrogens is 285 g/mol. The Morgan fingerprint density at radius 1 is 1.14 bits per heavy atom. The van der Waals surface area contributed by atoms with E-state index in [1.165, 1.54) is 0 Å². The van der Waals surface area contributed by atoms with Crippen LogP contribution in [0.5, 0.6) is 5.75 Å². The molecule has 21 heavy (non-hydrogen) atoms. The lowest BCUT2D eigenvalue weighted by molar-refractivity contribution is -0.175. The number of nitrogens with one attached hydrogen (secondary N) is 1. The monoisotopic (exact) mass is 306 g/mol. The van der Waals surface area contributed by atoms with Crippen LogP contribution in [0.4, 0.5) is 13.2 Å². The summed E-state index contributed by atoms with van der Waals surface area (Å²) < 4.78 is 45.2. The van der Waals surface area contributed by atoms with Crippen LogP contribution >= 0.6 is 0 Å². The van der Waals surface area contributed by atoms with Crippen molar-refractivity contribution in [3.05, 3.63) is 24.0 Å². The van der Waals surface area contributed by atoms with Gasteiger partial charge in [-0.15, -0.1) is 0 Å². The number of pyridine rings is 1. The van der Waals surface area contributed by atoms with Crippen LogP contribution in [-0.2, 0) is 11.3 Å². The summed E-state index contributed by atoms with van der Waals surface area (Å²) in [4.78, 5) is 4.21. The van der Waals surface area contributed by atoms with E-state index in [1.54, 1.807) is 12.3 Å². The number of alkyl halides is 3. The smallest absolute Gasteiger partial charge is 0.411 e. The van der Waals surface area contributed by atoms with Gasteiger partial charge in [-0.05, 0) is 32.9 Å². The number of hydrogen-bond donors (Lipinski definition) is 1. The van der Waals surface area contributed by atoms with E-state index in [9.17, 15) is 13.2 Å². The molecule has 0 aromatic carbocycles. The van der Waals surface area contributed by atoms with Gasteiger partial charge < -0.3 is 14.8 Å². The zero-order valence-corrected chi connectivity index (χ0v) is 12.5. The number of nitrogens with zero attached hydrogens (tertiary/aromatic N) is 1. The first kappa shape index (κ1) is 17.7.